The van der Waals surface area contributed by atoms with E-state index in [4.69, 9.17) is 0 Å². The van der Waals surface area contributed by atoms with E-state index in [0.717, 1.165) is 16.9 Å². The SMILES string of the molecule is CC(C)=Cc1ccc2nc(C)[nH]c2c1. The van der Waals surface area contributed by atoms with Gasteiger partial charge >= 0.3 is 0 Å². The number of fused-ring (bicyclic) bond motifs is 1. The second-order valence-electron chi connectivity index (χ2n) is 3.82. The number of rotatable bonds is 1. The van der Waals surface area contributed by atoms with E-state index in [-0.39, 0.29) is 0 Å². The van der Waals surface area contributed by atoms with Crippen LogP contribution in [0.3, 0.4) is 0 Å². The quantitative estimate of drug-likeness (QED) is 0.727. The number of imidazole rings is 1. The Kier molecular flexibility index (Phi) is 2.12. The molecule has 0 unspecified atom stereocenters. The van der Waals surface area contributed by atoms with Crippen molar-refractivity contribution in [3.05, 3.63) is 35.2 Å². The maximum absolute atomic E-state index is 4.36. The van der Waals surface area contributed by atoms with Crippen LogP contribution < -0.4 is 0 Å². The molecular formula is C12H14N2. The predicted octanol–water partition coefficient (Wildman–Crippen LogP) is 3.29. The largest absolute Gasteiger partial charge is 0.342 e. The standard InChI is InChI=1S/C12H14N2/c1-8(2)6-10-4-5-11-12(7-10)14-9(3)13-11/h4-7H,1-3H3,(H,13,14). The second-order valence-corrected chi connectivity index (χ2v) is 3.82. The van der Waals surface area contributed by atoms with Crippen molar-refractivity contribution in [2.24, 2.45) is 0 Å². The van der Waals surface area contributed by atoms with Crippen molar-refractivity contribution >= 4 is 17.1 Å². The first-order valence-corrected chi connectivity index (χ1v) is 4.76. The molecule has 2 aromatic rings. The molecule has 2 rings (SSSR count). The van der Waals surface area contributed by atoms with Gasteiger partial charge < -0.3 is 4.98 Å². The highest BCUT2D eigenvalue weighted by atomic mass is 14.9. The summed E-state index contributed by atoms with van der Waals surface area (Å²) in [4.78, 5) is 7.59. The highest BCUT2D eigenvalue weighted by Crippen LogP contribution is 2.15. The van der Waals surface area contributed by atoms with Gasteiger partial charge in [-0.1, -0.05) is 17.7 Å². The molecule has 1 heterocycles. The number of nitrogens with one attached hydrogen (secondary N) is 1. The van der Waals surface area contributed by atoms with E-state index in [0.29, 0.717) is 0 Å². The van der Waals surface area contributed by atoms with Gasteiger partial charge in [0.1, 0.15) is 5.82 Å². The number of allylic oxidation sites excluding steroid dienone is 1. The Morgan fingerprint density at radius 1 is 1.36 bits per heavy atom. The third-order valence-electron chi connectivity index (χ3n) is 2.08. The molecule has 1 aromatic heterocycles. The number of H-pyrrole nitrogens is 1. The van der Waals surface area contributed by atoms with Crippen LogP contribution in [0.1, 0.15) is 25.2 Å². The average Bonchev–Trinajstić information content (AvgIpc) is 2.42. The number of hydrogen-bond donors (Lipinski definition) is 1. The van der Waals surface area contributed by atoms with Crippen LogP contribution in [0.15, 0.2) is 23.8 Å². The zero-order valence-corrected chi connectivity index (χ0v) is 8.76. The molecule has 0 spiro atoms. The number of aromatic nitrogens is 2. The van der Waals surface area contributed by atoms with Crippen LogP contribution in [0.4, 0.5) is 0 Å². The van der Waals surface area contributed by atoms with E-state index in [1.165, 1.54) is 11.1 Å². The molecule has 1 aromatic carbocycles. The van der Waals surface area contributed by atoms with Gasteiger partial charge in [0.15, 0.2) is 0 Å². The third kappa shape index (κ3) is 1.69. The van der Waals surface area contributed by atoms with Crippen LogP contribution in [0, 0.1) is 6.92 Å². The fourth-order valence-corrected chi connectivity index (χ4v) is 1.58. The van der Waals surface area contributed by atoms with Gasteiger partial charge in [0, 0.05) is 0 Å². The maximum atomic E-state index is 4.36. The lowest BCUT2D eigenvalue weighted by atomic mass is 10.1. The summed E-state index contributed by atoms with van der Waals surface area (Å²) in [7, 11) is 0. The number of hydrogen-bond acceptors (Lipinski definition) is 1. The van der Waals surface area contributed by atoms with Crippen molar-refractivity contribution in [3.63, 3.8) is 0 Å². The molecule has 0 bridgehead atoms. The lowest BCUT2D eigenvalue weighted by Crippen LogP contribution is -1.74. The molecule has 14 heavy (non-hydrogen) atoms. The van der Waals surface area contributed by atoms with E-state index in [2.05, 4.69) is 42.0 Å². The molecule has 0 aliphatic carbocycles. The topological polar surface area (TPSA) is 28.7 Å². The van der Waals surface area contributed by atoms with Crippen LogP contribution >= 0.6 is 0 Å². The normalized spacial score (nSPS) is 10.5. The zero-order valence-electron chi connectivity index (χ0n) is 8.76. The van der Waals surface area contributed by atoms with Crippen LogP contribution in [-0.4, -0.2) is 9.97 Å². The second kappa shape index (κ2) is 3.29. The van der Waals surface area contributed by atoms with Gasteiger partial charge in [-0.3, -0.25) is 0 Å². The molecule has 2 heteroatoms. The van der Waals surface area contributed by atoms with Crippen molar-refractivity contribution in [2.45, 2.75) is 20.8 Å². The Labute approximate surface area is 83.7 Å². The average molecular weight is 186 g/mol. The lowest BCUT2D eigenvalue weighted by Gasteiger charge is -1.94. The molecule has 0 saturated carbocycles. The number of aromatic amines is 1. The minimum Gasteiger partial charge on any atom is -0.342 e. The molecule has 0 fully saturated rings. The van der Waals surface area contributed by atoms with Crippen molar-refractivity contribution in [2.75, 3.05) is 0 Å². The molecule has 0 amide bonds. The number of aryl methyl sites for hydroxylation is 1. The van der Waals surface area contributed by atoms with Gasteiger partial charge in [0.2, 0.25) is 0 Å². The van der Waals surface area contributed by atoms with Gasteiger partial charge in [-0.15, -0.1) is 0 Å². The Hall–Kier alpha value is -1.57. The van der Waals surface area contributed by atoms with E-state index in [9.17, 15) is 0 Å². The lowest BCUT2D eigenvalue weighted by molar-refractivity contribution is 1.17. The molecular weight excluding hydrogens is 172 g/mol. The van der Waals surface area contributed by atoms with Crippen molar-refractivity contribution < 1.29 is 0 Å². The molecule has 1 N–H and O–H groups in total. The molecule has 0 aliphatic rings. The van der Waals surface area contributed by atoms with Crippen molar-refractivity contribution in [1.29, 1.82) is 0 Å². The minimum absolute atomic E-state index is 0.967. The molecule has 72 valence electrons. The molecule has 0 aliphatic heterocycles. The Balaban J connectivity index is 2.56. The first-order valence-electron chi connectivity index (χ1n) is 4.76. The maximum Gasteiger partial charge on any atom is 0.104 e. The van der Waals surface area contributed by atoms with E-state index >= 15 is 0 Å². The fourth-order valence-electron chi connectivity index (χ4n) is 1.58. The number of nitrogens with zero attached hydrogens (tertiary/aromatic N) is 1. The first kappa shape index (κ1) is 9.00. The number of benzene rings is 1. The van der Waals surface area contributed by atoms with Gasteiger partial charge in [-0.05, 0) is 38.5 Å². The first-order chi connectivity index (χ1) is 6.65. The summed E-state index contributed by atoms with van der Waals surface area (Å²) >= 11 is 0. The summed E-state index contributed by atoms with van der Waals surface area (Å²) in [6, 6.07) is 6.27. The van der Waals surface area contributed by atoms with Gasteiger partial charge in [-0.25, -0.2) is 4.98 Å². The van der Waals surface area contributed by atoms with Crippen molar-refractivity contribution in [1.82, 2.24) is 9.97 Å². The summed E-state index contributed by atoms with van der Waals surface area (Å²) in [5.41, 5.74) is 4.67. The van der Waals surface area contributed by atoms with E-state index in [1.54, 1.807) is 0 Å². The summed E-state index contributed by atoms with van der Waals surface area (Å²) in [5, 5.41) is 0. The molecule has 2 nitrogen and oxygen atoms in total. The van der Waals surface area contributed by atoms with Crippen LogP contribution in [-0.2, 0) is 0 Å². The highest BCUT2D eigenvalue weighted by Gasteiger charge is 1.98. The minimum atomic E-state index is 0.967. The van der Waals surface area contributed by atoms with Gasteiger partial charge in [0.05, 0.1) is 11.0 Å². The van der Waals surface area contributed by atoms with Crippen LogP contribution in [0.25, 0.3) is 17.1 Å². The van der Waals surface area contributed by atoms with E-state index < -0.39 is 0 Å². The molecule has 0 saturated heterocycles. The van der Waals surface area contributed by atoms with Gasteiger partial charge in [0.25, 0.3) is 0 Å². The Bertz CT molecular complexity index is 488. The Morgan fingerprint density at radius 2 is 2.14 bits per heavy atom. The van der Waals surface area contributed by atoms with E-state index in [1.807, 2.05) is 13.0 Å². The predicted molar refractivity (Wildman–Crippen MR) is 60.2 cm³/mol. The Morgan fingerprint density at radius 3 is 2.86 bits per heavy atom. The third-order valence-corrected chi connectivity index (χ3v) is 2.08. The van der Waals surface area contributed by atoms with Crippen LogP contribution in [0.2, 0.25) is 0 Å². The summed E-state index contributed by atoms with van der Waals surface area (Å²) < 4.78 is 0. The monoisotopic (exact) mass is 186 g/mol. The van der Waals surface area contributed by atoms with Crippen molar-refractivity contribution in [3.8, 4) is 0 Å². The zero-order chi connectivity index (χ0) is 10.1. The fraction of sp³-hybridized carbons (Fsp3) is 0.250. The van der Waals surface area contributed by atoms with Gasteiger partial charge in [-0.2, -0.15) is 0 Å². The summed E-state index contributed by atoms with van der Waals surface area (Å²) in [6.45, 7) is 6.17. The summed E-state index contributed by atoms with van der Waals surface area (Å²) in [5.74, 6) is 0.967. The van der Waals surface area contributed by atoms with Crippen LogP contribution in [0.5, 0.6) is 0 Å². The smallest absolute Gasteiger partial charge is 0.104 e. The molecule has 0 radical (unpaired) electrons. The molecule has 0 atom stereocenters. The highest BCUT2D eigenvalue weighted by molar-refractivity contribution is 5.78. The summed E-state index contributed by atoms with van der Waals surface area (Å²) in [6.07, 6.45) is 2.16.